The summed E-state index contributed by atoms with van der Waals surface area (Å²) in [5.74, 6) is -2.35. The molecule has 0 radical (unpaired) electrons. The van der Waals surface area contributed by atoms with E-state index >= 15 is 0 Å². The lowest BCUT2D eigenvalue weighted by molar-refractivity contribution is -0.388. The molecule has 1 amide bonds. The highest BCUT2D eigenvalue weighted by atomic mass is 19.4. The summed E-state index contributed by atoms with van der Waals surface area (Å²) < 4.78 is 57.9. The van der Waals surface area contributed by atoms with Gasteiger partial charge in [0.05, 0.1) is 4.92 Å². The quantitative estimate of drug-likeness (QED) is 0.426. The van der Waals surface area contributed by atoms with E-state index in [4.69, 9.17) is 4.74 Å². The predicted octanol–water partition coefficient (Wildman–Crippen LogP) is 4.26. The van der Waals surface area contributed by atoms with Crippen molar-refractivity contribution in [3.63, 3.8) is 0 Å². The number of pyridine rings is 1. The number of halogens is 4. The van der Waals surface area contributed by atoms with Crippen molar-refractivity contribution in [1.82, 2.24) is 9.88 Å². The van der Waals surface area contributed by atoms with Crippen LogP contribution in [0, 0.1) is 15.9 Å². The van der Waals surface area contributed by atoms with Crippen molar-refractivity contribution in [2.24, 2.45) is 0 Å². The van der Waals surface area contributed by atoms with Gasteiger partial charge in [0.1, 0.15) is 17.0 Å². The van der Waals surface area contributed by atoms with Crippen molar-refractivity contribution < 1.29 is 32.0 Å². The number of rotatable bonds is 2. The van der Waals surface area contributed by atoms with Gasteiger partial charge in [-0.3, -0.25) is 10.1 Å². The average Bonchev–Trinajstić information content (AvgIpc) is 2.51. The van der Waals surface area contributed by atoms with Crippen molar-refractivity contribution in [2.45, 2.75) is 51.3 Å². The van der Waals surface area contributed by atoms with Gasteiger partial charge in [0.25, 0.3) is 0 Å². The number of carbonyl (C=O) groups is 1. The van der Waals surface area contributed by atoms with Crippen molar-refractivity contribution in [3.8, 4) is 0 Å². The molecule has 0 atom stereocenters. The van der Waals surface area contributed by atoms with Crippen LogP contribution in [-0.2, 0) is 10.9 Å². The molecule has 0 bridgehead atoms. The first-order valence-electron chi connectivity index (χ1n) is 8.19. The number of nitro groups is 1. The molecule has 1 saturated heterocycles. The zero-order valence-electron chi connectivity index (χ0n) is 15.0. The Balaban J connectivity index is 2.25. The van der Waals surface area contributed by atoms with Crippen LogP contribution >= 0.6 is 0 Å². The first kappa shape index (κ1) is 20.8. The Bertz CT molecular complexity index is 738. The summed E-state index contributed by atoms with van der Waals surface area (Å²) >= 11 is 0. The Morgan fingerprint density at radius 3 is 2.30 bits per heavy atom. The van der Waals surface area contributed by atoms with Gasteiger partial charge in [0, 0.05) is 25.1 Å². The lowest BCUT2D eigenvalue weighted by Crippen LogP contribution is -2.41. The Labute approximate surface area is 152 Å². The monoisotopic (exact) mass is 393 g/mol. The number of ether oxygens (including phenoxy) is 1. The fraction of sp³-hybridized carbons (Fsp3) is 0.625. The largest absolute Gasteiger partial charge is 0.444 e. The maximum Gasteiger partial charge on any atom is 0.433 e. The van der Waals surface area contributed by atoms with Crippen molar-refractivity contribution in [3.05, 3.63) is 33.4 Å². The molecule has 7 nitrogen and oxygen atoms in total. The number of hydrogen-bond donors (Lipinski definition) is 0. The number of likely N-dealkylation sites (tertiary alicyclic amines) is 1. The molecule has 0 N–H and O–H groups in total. The second kappa shape index (κ2) is 7.28. The first-order chi connectivity index (χ1) is 12.3. The van der Waals surface area contributed by atoms with Gasteiger partial charge < -0.3 is 9.64 Å². The van der Waals surface area contributed by atoms with E-state index in [1.807, 2.05) is 0 Å². The zero-order chi connectivity index (χ0) is 20.6. The van der Waals surface area contributed by atoms with Crippen LogP contribution in [0.2, 0.25) is 0 Å². The van der Waals surface area contributed by atoms with E-state index in [9.17, 15) is 32.5 Å². The molecule has 2 rings (SSSR count). The van der Waals surface area contributed by atoms with Crippen LogP contribution in [0.1, 0.15) is 50.9 Å². The van der Waals surface area contributed by atoms with Crippen molar-refractivity contribution >= 4 is 11.8 Å². The maximum absolute atomic E-state index is 14.0. The topological polar surface area (TPSA) is 85.6 Å². The number of alkyl halides is 3. The highest BCUT2D eigenvalue weighted by Gasteiger charge is 2.39. The molecule has 0 saturated carbocycles. The molecular weight excluding hydrogens is 374 g/mol. The van der Waals surface area contributed by atoms with Crippen LogP contribution < -0.4 is 0 Å². The number of aromatic nitrogens is 1. The number of carbonyl (C=O) groups excluding carboxylic acids is 1. The molecule has 11 heteroatoms. The van der Waals surface area contributed by atoms with Crippen LogP contribution in [-0.4, -0.2) is 39.6 Å². The lowest BCUT2D eigenvalue weighted by Gasteiger charge is -2.33. The van der Waals surface area contributed by atoms with E-state index < -0.39 is 51.6 Å². The molecule has 0 unspecified atom stereocenters. The van der Waals surface area contributed by atoms with Gasteiger partial charge in [-0.15, -0.1) is 0 Å². The maximum atomic E-state index is 14.0. The second-order valence-corrected chi connectivity index (χ2v) is 7.22. The molecule has 1 aromatic heterocycles. The highest BCUT2D eigenvalue weighted by molar-refractivity contribution is 5.68. The molecule has 1 aliphatic rings. The zero-order valence-corrected chi connectivity index (χ0v) is 15.0. The minimum Gasteiger partial charge on any atom is -0.444 e. The minimum atomic E-state index is -4.93. The number of nitrogens with zero attached hydrogens (tertiary/aromatic N) is 3. The summed E-state index contributed by atoms with van der Waals surface area (Å²) in [6, 6.07) is 0.0253. The summed E-state index contributed by atoms with van der Waals surface area (Å²) in [7, 11) is 0. The van der Waals surface area contributed by atoms with E-state index in [-0.39, 0.29) is 32.0 Å². The second-order valence-electron chi connectivity index (χ2n) is 7.22. The van der Waals surface area contributed by atoms with Gasteiger partial charge in [-0.2, -0.15) is 17.6 Å². The Morgan fingerprint density at radius 2 is 1.85 bits per heavy atom. The molecule has 0 aromatic carbocycles. The molecule has 0 spiro atoms. The summed E-state index contributed by atoms with van der Waals surface area (Å²) in [5, 5.41) is 11.1. The van der Waals surface area contributed by atoms with Gasteiger partial charge in [-0.1, -0.05) is 0 Å². The van der Waals surface area contributed by atoms with Gasteiger partial charge >= 0.3 is 18.0 Å². The van der Waals surface area contributed by atoms with E-state index in [0.29, 0.717) is 0 Å². The molecule has 0 aliphatic carbocycles. The number of hydrogen-bond acceptors (Lipinski definition) is 5. The molecule has 1 fully saturated rings. The third-order valence-electron chi connectivity index (χ3n) is 3.98. The van der Waals surface area contributed by atoms with Crippen LogP contribution in [0.4, 0.5) is 28.0 Å². The van der Waals surface area contributed by atoms with E-state index in [1.54, 1.807) is 20.8 Å². The van der Waals surface area contributed by atoms with E-state index in [2.05, 4.69) is 4.98 Å². The van der Waals surface area contributed by atoms with Gasteiger partial charge in [0.15, 0.2) is 0 Å². The Morgan fingerprint density at radius 1 is 1.30 bits per heavy atom. The average molecular weight is 393 g/mol. The summed E-state index contributed by atoms with van der Waals surface area (Å²) in [6.45, 7) is 5.29. The predicted molar refractivity (Wildman–Crippen MR) is 85.6 cm³/mol. The van der Waals surface area contributed by atoms with E-state index in [1.165, 1.54) is 4.90 Å². The van der Waals surface area contributed by atoms with Crippen LogP contribution in [0.5, 0.6) is 0 Å². The number of piperidine rings is 1. The standard InChI is InChI=1S/C16H19F4N3O4/c1-15(2,3)27-14(24)22-6-4-9(5-7-22)12-13(23(25)26)10(17)8-11(21-12)16(18,19)20/h8-9H,4-7H2,1-3H3. The minimum absolute atomic E-state index is 0.0253. The van der Waals surface area contributed by atoms with E-state index in [0.717, 1.165) is 0 Å². The van der Waals surface area contributed by atoms with Gasteiger partial charge in [0.2, 0.25) is 5.82 Å². The smallest absolute Gasteiger partial charge is 0.433 e. The SMILES string of the molecule is CC(C)(C)OC(=O)N1CCC(c2nc(C(F)(F)F)cc(F)c2[N+](=O)[O-])CC1. The fourth-order valence-electron chi connectivity index (χ4n) is 2.80. The first-order valence-corrected chi connectivity index (χ1v) is 8.19. The third-order valence-corrected chi connectivity index (χ3v) is 3.98. The fourth-order valence-corrected chi connectivity index (χ4v) is 2.80. The molecule has 1 aliphatic heterocycles. The van der Waals surface area contributed by atoms with Crippen LogP contribution in [0.15, 0.2) is 6.07 Å². The molecular formula is C16H19F4N3O4. The highest BCUT2D eigenvalue weighted by Crippen LogP contribution is 2.38. The molecule has 150 valence electrons. The lowest BCUT2D eigenvalue weighted by atomic mass is 9.92. The molecule has 1 aromatic rings. The Kier molecular flexibility index (Phi) is 5.62. The molecule has 2 heterocycles. The summed E-state index contributed by atoms with van der Waals surface area (Å²) in [4.78, 5) is 26.8. The number of amides is 1. The normalized spacial score (nSPS) is 16.3. The summed E-state index contributed by atoms with van der Waals surface area (Å²) in [6.07, 6.45) is -5.30. The van der Waals surface area contributed by atoms with Gasteiger partial charge in [-0.25, -0.2) is 9.78 Å². The van der Waals surface area contributed by atoms with Gasteiger partial charge in [-0.05, 0) is 33.6 Å². The Hall–Kier alpha value is -2.46. The van der Waals surface area contributed by atoms with Crippen LogP contribution in [0.3, 0.4) is 0 Å². The van der Waals surface area contributed by atoms with Crippen molar-refractivity contribution in [1.29, 1.82) is 0 Å². The van der Waals surface area contributed by atoms with Crippen molar-refractivity contribution in [2.75, 3.05) is 13.1 Å². The molecule has 27 heavy (non-hydrogen) atoms. The summed E-state index contributed by atoms with van der Waals surface area (Å²) in [5.41, 5.74) is -3.83. The van der Waals surface area contributed by atoms with Crippen LogP contribution in [0.25, 0.3) is 0 Å². The third kappa shape index (κ3) is 5.04.